The standard InChI is InChI=1S/C26H21ClNOP/c27-22-18-16-21(17-19-22)26(29)28-20-30(23-10-4-1-5-11-23,24-12-6-2-7-13-24)25-14-8-3-9-15-25/h1-19H,20H2/p+1. The highest BCUT2D eigenvalue weighted by molar-refractivity contribution is 7.95. The van der Waals surface area contributed by atoms with Crippen LogP contribution in [0.4, 0.5) is 0 Å². The van der Waals surface area contributed by atoms with E-state index in [0.717, 1.165) is 0 Å². The highest BCUT2D eigenvalue weighted by Gasteiger charge is 2.45. The molecular weight excluding hydrogens is 409 g/mol. The van der Waals surface area contributed by atoms with Crippen molar-refractivity contribution in [1.29, 1.82) is 0 Å². The van der Waals surface area contributed by atoms with Crippen molar-refractivity contribution in [3.8, 4) is 0 Å². The molecule has 0 aliphatic heterocycles. The Labute approximate surface area is 182 Å². The molecule has 0 saturated heterocycles. The first-order valence-electron chi connectivity index (χ1n) is 9.79. The van der Waals surface area contributed by atoms with Gasteiger partial charge in [0.25, 0.3) is 5.91 Å². The van der Waals surface area contributed by atoms with Gasteiger partial charge in [-0.2, -0.15) is 0 Å². The normalized spacial score (nSPS) is 11.1. The van der Waals surface area contributed by atoms with E-state index in [0.29, 0.717) is 16.9 Å². The van der Waals surface area contributed by atoms with E-state index in [4.69, 9.17) is 11.6 Å². The molecule has 4 aromatic carbocycles. The second-order valence-electron chi connectivity index (χ2n) is 6.99. The Bertz CT molecular complexity index is 1000. The van der Waals surface area contributed by atoms with Crippen LogP contribution in [0.15, 0.2) is 115 Å². The zero-order valence-corrected chi connectivity index (χ0v) is 18.1. The van der Waals surface area contributed by atoms with Crippen LogP contribution < -0.4 is 21.2 Å². The van der Waals surface area contributed by atoms with Crippen molar-refractivity contribution in [3.05, 3.63) is 126 Å². The number of hydrogen-bond donors (Lipinski definition) is 1. The number of halogens is 1. The van der Waals surface area contributed by atoms with Gasteiger partial charge >= 0.3 is 0 Å². The molecule has 30 heavy (non-hydrogen) atoms. The molecule has 0 aliphatic carbocycles. The van der Waals surface area contributed by atoms with Crippen molar-refractivity contribution in [2.45, 2.75) is 0 Å². The molecule has 0 aromatic heterocycles. The third-order valence-corrected chi connectivity index (χ3v) is 9.60. The largest absolute Gasteiger partial charge is 0.319 e. The minimum Gasteiger partial charge on any atom is -0.319 e. The van der Waals surface area contributed by atoms with Crippen LogP contribution in [0.5, 0.6) is 0 Å². The summed E-state index contributed by atoms with van der Waals surface area (Å²) in [7, 11) is -2.10. The number of carbonyl (C=O) groups is 1. The summed E-state index contributed by atoms with van der Waals surface area (Å²) in [5.41, 5.74) is 0.603. The highest BCUT2D eigenvalue weighted by atomic mass is 35.5. The van der Waals surface area contributed by atoms with Gasteiger partial charge in [-0.15, -0.1) is 0 Å². The van der Waals surface area contributed by atoms with Gasteiger partial charge in [0.2, 0.25) is 0 Å². The third-order valence-electron chi connectivity index (χ3n) is 5.17. The van der Waals surface area contributed by atoms with Crippen molar-refractivity contribution in [2.24, 2.45) is 0 Å². The molecule has 1 N–H and O–H groups in total. The molecule has 0 unspecified atom stereocenters. The molecule has 0 heterocycles. The van der Waals surface area contributed by atoms with Crippen molar-refractivity contribution < 1.29 is 4.79 Å². The number of carbonyl (C=O) groups excluding carboxylic acids is 1. The third kappa shape index (κ3) is 4.16. The number of benzene rings is 4. The predicted octanol–water partition coefficient (Wildman–Crippen LogP) is 5.02. The Morgan fingerprint density at radius 1 is 0.633 bits per heavy atom. The molecule has 4 aromatic rings. The zero-order chi connectivity index (χ0) is 20.8. The smallest absolute Gasteiger partial charge is 0.254 e. The molecule has 0 radical (unpaired) electrons. The quantitative estimate of drug-likeness (QED) is 0.427. The number of rotatable bonds is 6. The maximum atomic E-state index is 13.0. The summed E-state index contributed by atoms with van der Waals surface area (Å²) in [5, 5.41) is 7.54. The lowest BCUT2D eigenvalue weighted by atomic mass is 10.2. The molecule has 0 bridgehead atoms. The fourth-order valence-electron chi connectivity index (χ4n) is 3.66. The van der Waals surface area contributed by atoms with E-state index in [9.17, 15) is 4.79 Å². The van der Waals surface area contributed by atoms with Crippen LogP contribution >= 0.6 is 18.9 Å². The summed E-state index contributed by atoms with van der Waals surface area (Å²) < 4.78 is 0. The second-order valence-corrected chi connectivity index (χ2v) is 10.9. The molecule has 4 rings (SSSR count). The molecule has 0 atom stereocenters. The van der Waals surface area contributed by atoms with Crippen LogP contribution in [-0.4, -0.2) is 12.2 Å². The van der Waals surface area contributed by atoms with Gasteiger partial charge < -0.3 is 5.32 Å². The van der Waals surface area contributed by atoms with Crippen molar-refractivity contribution >= 4 is 40.7 Å². The van der Waals surface area contributed by atoms with E-state index in [1.807, 2.05) is 18.2 Å². The van der Waals surface area contributed by atoms with Crippen LogP contribution in [0, 0.1) is 0 Å². The molecular formula is C26H22ClNOP+. The van der Waals surface area contributed by atoms with Gasteiger partial charge in [-0.3, -0.25) is 4.79 Å². The van der Waals surface area contributed by atoms with E-state index in [2.05, 4.69) is 78.1 Å². The van der Waals surface area contributed by atoms with Gasteiger partial charge in [0.05, 0.1) is 0 Å². The Morgan fingerprint density at radius 2 is 1.03 bits per heavy atom. The Morgan fingerprint density at radius 3 is 1.43 bits per heavy atom. The van der Waals surface area contributed by atoms with Crippen LogP contribution in [-0.2, 0) is 0 Å². The molecule has 0 fully saturated rings. The van der Waals surface area contributed by atoms with Gasteiger partial charge in [0.15, 0.2) is 0 Å². The van der Waals surface area contributed by atoms with Gasteiger partial charge in [-0.05, 0) is 60.7 Å². The summed E-state index contributed by atoms with van der Waals surface area (Å²) in [6.45, 7) is 0. The summed E-state index contributed by atoms with van der Waals surface area (Å²) in [6, 6.07) is 38.5. The summed E-state index contributed by atoms with van der Waals surface area (Å²) in [6.07, 6.45) is 0.534. The summed E-state index contributed by atoms with van der Waals surface area (Å²) in [5.74, 6) is -0.0983. The van der Waals surface area contributed by atoms with E-state index in [-0.39, 0.29) is 5.91 Å². The first kappa shape index (κ1) is 20.3. The van der Waals surface area contributed by atoms with Crippen LogP contribution in [0.2, 0.25) is 5.02 Å². The Balaban J connectivity index is 1.80. The monoisotopic (exact) mass is 430 g/mol. The van der Waals surface area contributed by atoms with Gasteiger partial charge in [-0.25, -0.2) is 0 Å². The lowest BCUT2D eigenvalue weighted by molar-refractivity contribution is 0.0960. The lowest BCUT2D eigenvalue weighted by Gasteiger charge is -2.27. The molecule has 4 heteroatoms. The molecule has 0 aliphatic rings. The minimum absolute atomic E-state index is 0.0983. The number of amides is 1. The maximum absolute atomic E-state index is 13.0. The average molecular weight is 431 g/mol. The second kappa shape index (κ2) is 9.26. The fraction of sp³-hybridized carbons (Fsp3) is 0.0385. The van der Waals surface area contributed by atoms with Gasteiger partial charge in [0.1, 0.15) is 29.5 Å². The fourth-order valence-corrected chi connectivity index (χ4v) is 7.65. The van der Waals surface area contributed by atoms with E-state index >= 15 is 0 Å². The van der Waals surface area contributed by atoms with Crippen molar-refractivity contribution in [3.63, 3.8) is 0 Å². The molecule has 148 valence electrons. The highest BCUT2D eigenvalue weighted by Crippen LogP contribution is 2.54. The van der Waals surface area contributed by atoms with E-state index in [1.165, 1.54) is 15.9 Å². The Kier molecular flexibility index (Phi) is 6.28. The predicted molar refractivity (Wildman–Crippen MR) is 129 cm³/mol. The van der Waals surface area contributed by atoms with Crippen molar-refractivity contribution in [2.75, 3.05) is 6.29 Å². The topological polar surface area (TPSA) is 29.1 Å². The number of hydrogen-bond acceptors (Lipinski definition) is 1. The molecule has 2 nitrogen and oxygen atoms in total. The SMILES string of the molecule is O=C(NC[P+](c1ccccc1)(c1ccccc1)c1ccccc1)c1ccc(Cl)cc1. The average Bonchev–Trinajstić information content (AvgIpc) is 2.82. The Hall–Kier alpha value is -2.93. The lowest BCUT2D eigenvalue weighted by Crippen LogP contribution is -2.39. The van der Waals surface area contributed by atoms with Gasteiger partial charge in [-0.1, -0.05) is 66.2 Å². The summed E-state index contributed by atoms with van der Waals surface area (Å²) in [4.78, 5) is 13.0. The van der Waals surface area contributed by atoms with Crippen LogP contribution in [0.3, 0.4) is 0 Å². The first-order chi connectivity index (χ1) is 14.7. The molecule has 0 spiro atoms. The van der Waals surface area contributed by atoms with Crippen LogP contribution in [0.1, 0.15) is 10.4 Å². The zero-order valence-electron chi connectivity index (χ0n) is 16.4. The van der Waals surface area contributed by atoms with Gasteiger partial charge in [0, 0.05) is 10.6 Å². The number of nitrogens with one attached hydrogen (secondary N) is 1. The summed E-state index contributed by atoms with van der Waals surface area (Å²) >= 11 is 5.98. The molecule has 0 saturated carbocycles. The van der Waals surface area contributed by atoms with E-state index in [1.54, 1.807) is 24.3 Å². The maximum Gasteiger partial charge on any atom is 0.254 e. The minimum atomic E-state index is -2.10. The molecule has 1 amide bonds. The van der Waals surface area contributed by atoms with Crippen molar-refractivity contribution in [1.82, 2.24) is 5.32 Å². The first-order valence-corrected chi connectivity index (χ1v) is 12.1. The van der Waals surface area contributed by atoms with E-state index < -0.39 is 7.26 Å². The van der Waals surface area contributed by atoms with Crippen LogP contribution in [0.25, 0.3) is 0 Å².